The summed E-state index contributed by atoms with van der Waals surface area (Å²) in [5.41, 5.74) is 2.80. The molecule has 0 saturated heterocycles. The lowest BCUT2D eigenvalue weighted by atomic mass is 10.2. The predicted octanol–water partition coefficient (Wildman–Crippen LogP) is 2.44. The molecule has 0 aromatic heterocycles. The van der Waals surface area contributed by atoms with Crippen LogP contribution in [0.2, 0.25) is 0 Å². The largest absolute Gasteiger partial charge is 0.495 e. The van der Waals surface area contributed by atoms with E-state index in [0.717, 1.165) is 36.0 Å². The Morgan fingerprint density at radius 1 is 1.10 bits per heavy atom. The minimum atomic E-state index is -1.16. The standard InChI is InChI=1S/C17H15F2N3O6S/c1-27-12-7-14(13(28-2)6-11(12)22(25)26)29-8-15(23)20-21-17(24)16-9(18)4-3-5-10(16)19/h3-7H,8H2,1-2H3,(H,20,23)(H,21,24). The van der Waals surface area contributed by atoms with Crippen LogP contribution in [-0.2, 0) is 4.79 Å². The molecule has 0 atom stereocenters. The summed E-state index contributed by atoms with van der Waals surface area (Å²) in [5, 5.41) is 11.0. The highest BCUT2D eigenvalue weighted by Crippen LogP contribution is 2.39. The molecule has 0 aliphatic heterocycles. The molecule has 29 heavy (non-hydrogen) atoms. The van der Waals surface area contributed by atoms with Crippen molar-refractivity contribution in [3.05, 3.63) is 57.6 Å². The summed E-state index contributed by atoms with van der Waals surface area (Å²) < 4.78 is 37.1. The van der Waals surface area contributed by atoms with E-state index in [0.29, 0.717) is 4.90 Å². The molecule has 0 bridgehead atoms. The molecule has 154 valence electrons. The molecule has 2 aromatic carbocycles. The Morgan fingerprint density at radius 2 is 1.72 bits per heavy atom. The minimum Gasteiger partial charge on any atom is -0.495 e. The topological polar surface area (TPSA) is 120 Å². The van der Waals surface area contributed by atoms with Gasteiger partial charge < -0.3 is 9.47 Å². The maximum atomic E-state index is 13.5. The molecule has 0 aliphatic rings. The van der Waals surface area contributed by atoms with E-state index in [2.05, 4.69) is 0 Å². The van der Waals surface area contributed by atoms with Gasteiger partial charge >= 0.3 is 5.69 Å². The maximum absolute atomic E-state index is 13.5. The number of nitro benzene ring substituents is 1. The highest BCUT2D eigenvalue weighted by Gasteiger charge is 2.21. The first-order chi connectivity index (χ1) is 13.8. The normalized spacial score (nSPS) is 10.2. The van der Waals surface area contributed by atoms with E-state index >= 15 is 0 Å². The third-order valence-corrected chi connectivity index (χ3v) is 4.56. The third-order valence-electron chi connectivity index (χ3n) is 3.53. The van der Waals surface area contributed by atoms with Crippen LogP contribution < -0.4 is 20.3 Å². The van der Waals surface area contributed by atoms with Crippen molar-refractivity contribution in [2.24, 2.45) is 0 Å². The molecule has 2 aromatic rings. The number of thioether (sulfide) groups is 1. The van der Waals surface area contributed by atoms with E-state index in [1.807, 2.05) is 10.9 Å². The minimum absolute atomic E-state index is 0.0259. The number of ether oxygens (including phenoxy) is 2. The monoisotopic (exact) mass is 427 g/mol. The van der Waals surface area contributed by atoms with Crippen molar-refractivity contribution in [2.45, 2.75) is 4.90 Å². The first-order valence-corrected chi connectivity index (χ1v) is 8.83. The molecule has 0 fully saturated rings. The molecule has 0 aliphatic carbocycles. The number of amides is 2. The van der Waals surface area contributed by atoms with Crippen molar-refractivity contribution < 1.29 is 32.8 Å². The van der Waals surface area contributed by atoms with Crippen LogP contribution in [0.5, 0.6) is 11.5 Å². The van der Waals surface area contributed by atoms with Gasteiger partial charge in [0.2, 0.25) is 5.91 Å². The first kappa shape index (κ1) is 21.9. The number of hydrazine groups is 1. The van der Waals surface area contributed by atoms with E-state index in [1.54, 1.807) is 0 Å². The molecule has 9 nitrogen and oxygen atoms in total. The van der Waals surface area contributed by atoms with E-state index in [-0.39, 0.29) is 22.9 Å². The van der Waals surface area contributed by atoms with Gasteiger partial charge in [-0.1, -0.05) is 6.07 Å². The van der Waals surface area contributed by atoms with Crippen molar-refractivity contribution in [1.82, 2.24) is 10.9 Å². The van der Waals surface area contributed by atoms with Crippen LogP contribution in [0.1, 0.15) is 10.4 Å². The Kier molecular flexibility index (Phi) is 7.31. The zero-order valence-electron chi connectivity index (χ0n) is 15.2. The number of hydrogen-bond acceptors (Lipinski definition) is 7. The van der Waals surface area contributed by atoms with Crippen LogP contribution in [0, 0.1) is 21.7 Å². The molecule has 0 saturated carbocycles. The molecular weight excluding hydrogens is 412 g/mol. The summed E-state index contributed by atoms with van der Waals surface area (Å²) in [6.07, 6.45) is 0. The second kappa shape index (κ2) is 9.68. The summed E-state index contributed by atoms with van der Waals surface area (Å²) in [5.74, 6) is -4.12. The molecular formula is C17H15F2N3O6S. The number of rotatable bonds is 7. The summed E-state index contributed by atoms with van der Waals surface area (Å²) in [7, 11) is 2.56. The van der Waals surface area contributed by atoms with Gasteiger partial charge in [0.25, 0.3) is 5.91 Å². The Morgan fingerprint density at radius 3 is 2.28 bits per heavy atom. The number of nitrogens with one attached hydrogen (secondary N) is 2. The lowest BCUT2D eigenvalue weighted by Crippen LogP contribution is -2.43. The molecule has 12 heteroatoms. The number of hydrogen-bond donors (Lipinski definition) is 2. The van der Waals surface area contributed by atoms with Crippen LogP contribution in [0.15, 0.2) is 35.2 Å². The highest BCUT2D eigenvalue weighted by molar-refractivity contribution is 8.00. The molecule has 0 unspecified atom stereocenters. The highest BCUT2D eigenvalue weighted by atomic mass is 32.2. The summed E-state index contributed by atoms with van der Waals surface area (Å²) >= 11 is 0.944. The van der Waals surface area contributed by atoms with Crippen LogP contribution in [0.3, 0.4) is 0 Å². The quantitative estimate of drug-likeness (QED) is 0.396. The number of nitrogens with zero attached hydrogens (tertiary/aromatic N) is 1. The van der Waals surface area contributed by atoms with Gasteiger partial charge in [0.05, 0.1) is 35.9 Å². The van der Waals surface area contributed by atoms with Crippen LogP contribution in [-0.4, -0.2) is 36.7 Å². The van der Waals surface area contributed by atoms with Gasteiger partial charge in [0.15, 0.2) is 5.75 Å². The predicted molar refractivity (Wildman–Crippen MR) is 98.9 cm³/mol. The van der Waals surface area contributed by atoms with Gasteiger partial charge in [-0.15, -0.1) is 11.8 Å². The molecule has 0 radical (unpaired) electrons. The zero-order valence-corrected chi connectivity index (χ0v) is 16.0. The second-order valence-electron chi connectivity index (χ2n) is 5.32. The lowest BCUT2D eigenvalue weighted by molar-refractivity contribution is -0.385. The van der Waals surface area contributed by atoms with Gasteiger partial charge in [-0.05, 0) is 12.1 Å². The Bertz CT molecular complexity index is 937. The van der Waals surface area contributed by atoms with E-state index < -0.39 is 33.9 Å². The fourth-order valence-electron chi connectivity index (χ4n) is 2.19. The molecule has 2 amide bonds. The Labute approximate surface area is 167 Å². The summed E-state index contributed by atoms with van der Waals surface area (Å²) in [6.45, 7) is 0. The number of methoxy groups -OCH3 is 2. The van der Waals surface area contributed by atoms with Gasteiger partial charge in [-0.2, -0.15) is 0 Å². The van der Waals surface area contributed by atoms with Gasteiger partial charge in [0.1, 0.15) is 22.9 Å². The molecule has 0 spiro atoms. The number of carbonyl (C=O) groups is 2. The number of halogens is 2. The van der Waals surface area contributed by atoms with Gasteiger partial charge in [-0.25, -0.2) is 8.78 Å². The summed E-state index contributed by atoms with van der Waals surface area (Å²) in [6, 6.07) is 5.40. The van der Waals surface area contributed by atoms with Crippen molar-refractivity contribution in [3.8, 4) is 11.5 Å². The smallest absolute Gasteiger partial charge is 0.314 e. The fraction of sp³-hybridized carbons (Fsp3) is 0.176. The fourth-order valence-corrected chi connectivity index (χ4v) is 3.03. The molecule has 2 N–H and O–H groups in total. The number of carbonyl (C=O) groups excluding carboxylic acids is 2. The Balaban J connectivity index is 2.02. The molecule has 2 rings (SSSR count). The number of benzene rings is 2. The van der Waals surface area contributed by atoms with Crippen LogP contribution >= 0.6 is 11.8 Å². The average Bonchev–Trinajstić information content (AvgIpc) is 2.69. The second-order valence-corrected chi connectivity index (χ2v) is 6.34. The van der Waals surface area contributed by atoms with Crippen LogP contribution in [0.25, 0.3) is 0 Å². The third kappa shape index (κ3) is 5.31. The number of nitro groups is 1. The van der Waals surface area contributed by atoms with E-state index in [1.165, 1.54) is 20.3 Å². The Hall–Kier alpha value is -3.41. The lowest BCUT2D eigenvalue weighted by Gasteiger charge is -2.11. The van der Waals surface area contributed by atoms with Gasteiger partial charge in [-0.3, -0.25) is 30.6 Å². The van der Waals surface area contributed by atoms with E-state index in [9.17, 15) is 28.5 Å². The van der Waals surface area contributed by atoms with Crippen molar-refractivity contribution in [3.63, 3.8) is 0 Å². The SMILES string of the molecule is COc1cc([N+](=O)[O-])c(OC)cc1SCC(=O)NNC(=O)c1c(F)cccc1F. The first-order valence-electron chi connectivity index (χ1n) is 7.84. The van der Waals surface area contributed by atoms with Gasteiger partial charge in [0, 0.05) is 6.07 Å². The van der Waals surface area contributed by atoms with E-state index in [4.69, 9.17) is 9.47 Å². The van der Waals surface area contributed by atoms with Crippen molar-refractivity contribution in [2.75, 3.05) is 20.0 Å². The van der Waals surface area contributed by atoms with Crippen molar-refractivity contribution >= 4 is 29.3 Å². The molecule has 0 heterocycles. The maximum Gasteiger partial charge on any atom is 0.314 e. The average molecular weight is 427 g/mol. The van der Waals surface area contributed by atoms with Crippen molar-refractivity contribution in [1.29, 1.82) is 0 Å². The summed E-state index contributed by atoms with van der Waals surface area (Å²) in [4.78, 5) is 34.6. The zero-order chi connectivity index (χ0) is 21.6. The van der Waals surface area contributed by atoms with Crippen LogP contribution in [0.4, 0.5) is 14.5 Å².